The van der Waals surface area contributed by atoms with E-state index in [1.54, 1.807) is 0 Å². The third kappa shape index (κ3) is 2.21. The molecular weight excluding hydrogens is 231 g/mol. The van der Waals surface area contributed by atoms with Crippen molar-refractivity contribution < 1.29 is 0 Å². The van der Waals surface area contributed by atoms with E-state index in [2.05, 4.69) is 78.3 Å². The summed E-state index contributed by atoms with van der Waals surface area (Å²) >= 11 is 0. The summed E-state index contributed by atoms with van der Waals surface area (Å²) in [6.45, 7) is 0.456. The lowest BCUT2D eigenvalue weighted by atomic mass is 9.68. The summed E-state index contributed by atoms with van der Waals surface area (Å²) in [5.41, 5.74) is 4.09. The quantitative estimate of drug-likeness (QED) is 0.771. The zero-order valence-electron chi connectivity index (χ0n) is 11.6. The van der Waals surface area contributed by atoms with Crippen LogP contribution in [-0.2, 0) is 6.42 Å². The number of aryl methyl sites for hydroxylation is 1. The van der Waals surface area contributed by atoms with Crippen molar-refractivity contribution in [3.63, 3.8) is 0 Å². The molecule has 0 spiro atoms. The lowest BCUT2D eigenvalue weighted by Crippen LogP contribution is -2.44. The lowest BCUT2D eigenvalue weighted by Gasteiger charge is -2.23. The van der Waals surface area contributed by atoms with Crippen LogP contribution in [0.25, 0.3) is 0 Å². The number of hydrogen-bond donors (Lipinski definition) is 0. The van der Waals surface area contributed by atoms with Crippen LogP contribution in [0.5, 0.6) is 0 Å². The molecule has 0 atom stereocenters. The van der Waals surface area contributed by atoms with Gasteiger partial charge >= 0.3 is 6.98 Å². The number of fused-ring (bicyclic) bond motifs is 1. The van der Waals surface area contributed by atoms with E-state index in [0.29, 0.717) is 6.98 Å². The van der Waals surface area contributed by atoms with Gasteiger partial charge in [-0.1, -0.05) is 42.5 Å². The van der Waals surface area contributed by atoms with Gasteiger partial charge in [0.2, 0.25) is 0 Å². The summed E-state index contributed by atoms with van der Waals surface area (Å²) in [5.74, 6) is 0. The van der Waals surface area contributed by atoms with Gasteiger partial charge in [0.05, 0.1) is 0 Å². The minimum atomic E-state index is 0.456. The van der Waals surface area contributed by atoms with E-state index < -0.39 is 0 Å². The monoisotopic (exact) mass is 250 g/mol. The van der Waals surface area contributed by atoms with Crippen LogP contribution in [0, 0.1) is 0 Å². The van der Waals surface area contributed by atoms with Crippen LogP contribution in [0.4, 0.5) is 11.4 Å². The summed E-state index contributed by atoms with van der Waals surface area (Å²) in [6, 6.07) is 19.4. The van der Waals surface area contributed by atoms with Gasteiger partial charge in [0.25, 0.3) is 0 Å². The van der Waals surface area contributed by atoms with Crippen LogP contribution in [0.3, 0.4) is 0 Å². The van der Waals surface area contributed by atoms with Crippen molar-refractivity contribution in [1.29, 1.82) is 0 Å². The van der Waals surface area contributed by atoms with E-state index >= 15 is 0 Å². The van der Waals surface area contributed by atoms with Crippen molar-refractivity contribution in [3.05, 3.63) is 60.2 Å². The molecular formula is C16H19BN2. The second-order valence-electron chi connectivity index (χ2n) is 5.22. The molecule has 0 N–H and O–H groups in total. The largest absolute Gasteiger partial charge is 0.397 e. The molecule has 2 aromatic carbocycles. The van der Waals surface area contributed by atoms with E-state index in [-0.39, 0.29) is 0 Å². The van der Waals surface area contributed by atoms with Crippen molar-refractivity contribution in [2.24, 2.45) is 0 Å². The second-order valence-corrected chi connectivity index (χ2v) is 5.22. The summed E-state index contributed by atoms with van der Waals surface area (Å²) in [4.78, 5) is 4.77. The summed E-state index contributed by atoms with van der Waals surface area (Å²) in [7, 11) is 4.38. The maximum Gasteiger partial charge on any atom is 0.375 e. The molecule has 3 heteroatoms. The van der Waals surface area contributed by atoms with Crippen LogP contribution in [-0.4, -0.2) is 21.1 Å². The fourth-order valence-electron chi connectivity index (χ4n) is 2.97. The predicted molar refractivity (Wildman–Crippen MR) is 84.0 cm³/mol. The molecule has 96 valence electrons. The Labute approximate surface area is 115 Å². The Morgan fingerprint density at radius 2 is 1.32 bits per heavy atom. The number of hydrogen-bond acceptors (Lipinski definition) is 2. The standard InChI is InChI=1S/C16H19BN2/c1-18-15-10-6-7-11-16(15)19(2)17(18)13-12-14-8-4-3-5-9-14/h3-11H,12-13H2,1-2H3. The number of benzene rings is 2. The first kappa shape index (κ1) is 12.2. The topological polar surface area (TPSA) is 6.48 Å². The van der Waals surface area contributed by atoms with E-state index in [4.69, 9.17) is 0 Å². The van der Waals surface area contributed by atoms with Crippen LogP contribution in [0.2, 0.25) is 6.32 Å². The summed E-state index contributed by atoms with van der Waals surface area (Å²) in [5, 5.41) is 0. The Bertz CT molecular complexity index is 527. The molecule has 0 bridgehead atoms. The molecule has 0 aromatic heterocycles. The van der Waals surface area contributed by atoms with Gasteiger partial charge < -0.3 is 9.62 Å². The van der Waals surface area contributed by atoms with Crippen molar-refractivity contribution >= 4 is 18.4 Å². The van der Waals surface area contributed by atoms with Gasteiger partial charge in [0.1, 0.15) is 0 Å². The van der Waals surface area contributed by atoms with Crippen LogP contribution < -0.4 is 9.62 Å². The third-order valence-electron chi connectivity index (χ3n) is 4.07. The maximum atomic E-state index is 2.39. The number of para-hydroxylation sites is 2. The van der Waals surface area contributed by atoms with Crippen molar-refractivity contribution in [2.75, 3.05) is 23.7 Å². The van der Waals surface area contributed by atoms with Crippen molar-refractivity contribution in [1.82, 2.24) is 0 Å². The molecule has 1 aliphatic rings. The Morgan fingerprint density at radius 3 is 1.89 bits per heavy atom. The molecule has 0 aliphatic carbocycles. The molecule has 19 heavy (non-hydrogen) atoms. The van der Waals surface area contributed by atoms with Gasteiger partial charge in [-0.2, -0.15) is 0 Å². The smallest absolute Gasteiger partial charge is 0.375 e. The second kappa shape index (κ2) is 5.00. The lowest BCUT2D eigenvalue weighted by molar-refractivity contribution is 1.07. The molecule has 0 radical (unpaired) electrons. The van der Waals surface area contributed by atoms with Crippen molar-refractivity contribution in [3.8, 4) is 0 Å². The highest BCUT2D eigenvalue weighted by atomic mass is 15.3. The maximum absolute atomic E-state index is 2.39. The molecule has 2 aromatic rings. The first-order chi connectivity index (χ1) is 9.27. The van der Waals surface area contributed by atoms with Gasteiger partial charge in [-0.05, 0) is 44.5 Å². The molecule has 0 unspecified atom stereocenters. The van der Waals surface area contributed by atoms with Gasteiger partial charge in [-0.15, -0.1) is 0 Å². The summed E-state index contributed by atoms with van der Waals surface area (Å²) in [6.07, 6.45) is 2.26. The SMILES string of the molecule is CN1B(CCc2ccccc2)N(C)c2ccccc21. The van der Waals surface area contributed by atoms with Gasteiger partial charge in [0, 0.05) is 11.4 Å². The average Bonchev–Trinajstić information content (AvgIpc) is 2.71. The van der Waals surface area contributed by atoms with Gasteiger partial charge in [-0.25, -0.2) is 0 Å². The molecule has 0 amide bonds. The highest BCUT2D eigenvalue weighted by molar-refractivity contribution is 6.69. The molecule has 0 fully saturated rings. The molecule has 1 aliphatic heterocycles. The zero-order chi connectivity index (χ0) is 13.2. The number of rotatable bonds is 3. The highest BCUT2D eigenvalue weighted by Gasteiger charge is 2.34. The first-order valence-corrected chi connectivity index (χ1v) is 6.86. The minimum absolute atomic E-state index is 0.456. The van der Waals surface area contributed by atoms with Gasteiger partial charge in [0.15, 0.2) is 0 Å². The highest BCUT2D eigenvalue weighted by Crippen LogP contribution is 2.36. The molecule has 3 rings (SSSR count). The molecule has 0 saturated carbocycles. The van der Waals surface area contributed by atoms with Crippen LogP contribution in [0.15, 0.2) is 54.6 Å². The third-order valence-corrected chi connectivity index (χ3v) is 4.07. The molecule has 0 saturated heterocycles. The molecule has 2 nitrogen and oxygen atoms in total. The Balaban J connectivity index is 1.74. The van der Waals surface area contributed by atoms with Crippen LogP contribution in [0.1, 0.15) is 5.56 Å². The van der Waals surface area contributed by atoms with E-state index in [1.807, 2.05) is 0 Å². The Morgan fingerprint density at radius 1 is 0.789 bits per heavy atom. The Hall–Kier alpha value is -1.90. The summed E-state index contributed by atoms with van der Waals surface area (Å²) < 4.78 is 0. The van der Waals surface area contributed by atoms with E-state index in [1.165, 1.54) is 16.9 Å². The normalized spacial score (nSPS) is 13.9. The number of nitrogens with zero attached hydrogens (tertiary/aromatic N) is 2. The van der Waals surface area contributed by atoms with Gasteiger partial charge in [-0.3, -0.25) is 0 Å². The van der Waals surface area contributed by atoms with Crippen LogP contribution >= 0.6 is 0 Å². The Kier molecular flexibility index (Phi) is 3.20. The zero-order valence-corrected chi connectivity index (χ0v) is 11.6. The fourth-order valence-corrected chi connectivity index (χ4v) is 2.97. The van der Waals surface area contributed by atoms with Crippen molar-refractivity contribution in [2.45, 2.75) is 12.7 Å². The first-order valence-electron chi connectivity index (χ1n) is 6.86. The number of anilines is 2. The average molecular weight is 250 g/mol. The fraction of sp³-hybridized carbons (Fsp3) is 0.250. The van der Waals surface area contributed by atoms with E-state index in [9.17, 15) is 0 Å². The minimum Gasteiger partial charge on any atom is -0.397 e. The molecule has 1 heterocycles. The van der Waals surface area contributed by atoms with E-state index in [0.717, 1.165) is 12.7 Å². The predicted octanol–water partition coefficient (Wildman–Crippen LogP) is 3.30.